The molecule has 0 spiro atoms. The molecule has 2 aromatic heterocycles. The van der Waals surface area contributed by atoms with E-state index >= 15 is 0 Å². The molecule has 1 fully saturated rings. The Morgan fingerprint density at radius 3 is 2.77 bits per heavy atom. The Morgan fingerprint density at radius 1 is 1.37 bits per heavy atom. The molecule has 4 heterocycles. The minimum Gasteiger partial charge on any atom is -0.367 e. The Bertz CT molecular complexity index is 924. The first kappa shape index (κ1) is 21.1. The highest BCUT2D eigenvalue weighted by atomic mass is 32.1. The molecule has 30 heavy (non-hydrogen) atoms. The number of hydrogen-bond donors (Lipinski definition) is 1. The number of amides is 1. The number of nitrogens with zero attached hydrogens (tertiary/aromatic N) is 5. The average Bonchev–Trinajstić information content (AvgIpc) is 3.31. The van der Waals surface area contributed by atoms with Crippen molar-refractivity contribution in [2.45, 2.75) is 64.2 Å². The van der Waals surface area contributed by atoms with Crippen LogP contribution in [0.3, 0.4) is 0 Å². The summed E-state index contributed by atoms with van der Waals surface area (Å²) in [4.78, 5) is 15.1. The maximum Gasteiger partial charge on any atom is 0.410 e. The molecule has 0 unspecified atom stereocenters. The molecule has 0 bridgehead atoms. The van der Waals surface area contributed by atoms with Crippen molar-refractivity contribution in [2.75, 3.05) is 18.4 Å². The van der Waals surface area contributed by atoms with Gasteiger partial charge in [0.05, 0.1) is 11.4 Å². The number of hydrogen-bond acceptors (Lipinski definition) is 6. The lowest BCUT2D eigenvalue weighted by Gasteiger charge is -2.35. The van der Waals surface area contributed by atoms with Crippen molar-refractivity contribution < 1.29 is 18.0 Å². The van der Waals surface area contributed by atoms with Gasteiger partial charge < -0.3 is 10.2 Å². The van der Waals surface area contributed by atoms with Crippen molar-refractivity contribution in [3.8, 4) is 0 Å². The fraction of sp³-hybridized carbons (Fsp3) is 0.684. The molecule has 11 heteroatoms. The van der Waals surface area contributed by atoms with Gasteiger partial charge in [-0.1, -0.05) is 18.3 Å². The van der Waals surface area contributed by atoms with E-state index in [9.17, 15) is 18.0 Å². The summed E-state index contributed by atoms with van der Waals surface area (Å²) in [6.45, 7) is 6.61. The summed E-state index contributed by atoms with van der Waals surface area (Å²) < 4.78 is 46.1. The monoisotopic (exact) mass is 442 g/mol. The van der Waals surface area contributed by atoms with Gasteiger partial charge in [0, 0.05) is 31.1 Å². The van der Waals surface area contributed by atoms with Gasteiger partial charge in [-0.25, -0.2) is 4.68 Å². The van der Waals surface area contributed by atoms with Crippen LogP contribution in [0.1, 0.15) is 66.1 Å². The van der Waals surface area contributed by atoms with E-state index in [1.54, 1.807) is 17.9 Å². The highest BCUT2D eigenvalue weighted by Gasteiger charge is 2.47. The largest absolute Gasteiger partial charge is 0.410 e. The highest BCUT2D eigenvalue weighted by Crippen LogP contribution is 2.42. The Hall–Kier alpha value is -2.17. The molecule has 0 aromatic carbocycles. The minimum absolute atomic E-state index is 0.0395. The van der Waals surface area contributed by atoms with Crippen LogP contribution in [0.15, 0.2) is 6.07 Å². The van der Waals surface area contributed by atoms with Gasteiger partial charge in [0.1, 0.15) is 10.7 Å². The van der Waals surface area contributed by atoms with Gasteiger partial charge in [0.25, 0.3) is 5.91 Å². The second-order valence-electron chi connectivity index (χ2n) is 8.46. The van der Waals surface area contributed by atoms with Crippen molar-refractivity contribution in [3.63, 3.8) is 0 Å². The Kier molecular flexibility index (Phi) is 5.50. The van der Waals surface area contributed by atoms with E-state index in [4.69, 9.17) is 0 Å². The van der Waals surface area contributed by atoms with Crippen molar-refractivity contribution in [1.82, 2.24) is 24.3 Å². The third-order valence-electron chi connectivity index (χ3n) is 6.02. The molecule has 1 N–H and O–H groups in total. The van der Waals surface area contributed by atoms with Gasteiger partial charge in [-0.05, 0) is 43.6 Å². The number of likely N-dealkylation sites (tertiary alicyclic amines) is 1. The van der Waals surface area contributed by atoms with Gasteiger partial charge in [0.15, 0.2) is 6.04 Å². The van der Waals surface area contributed by atoms with Gasteiger partial charge in [-0.3, -0.25) is 4.79 Å². The number of carbonyl (C=O) groups excluding carboxylic acids is 1. The molecule has 164 valence electrons. The quantitative estimate of drug-likeness (QED) is 0.778. The van der Waals surface area contributed by atoms with Crippen LogP contribution in [-0.2, 0) is 0 Å². The van der Waals surface area contributed by atoms with Crippen molar-refractivity contribution in [2.24, 2.45) is 5.92 Å². The molecule has 3 atom stereocenters. The van der Waals surface area contributed by atoms with Gasteiger partial charge in [0.2, 0.25) is 0 Å². The van der Waals surface area contributed by atoms with Crippen molar-refractivity contribution in [3.05, 3.63) is 22.3 Å². The van der Waals surface area contributed by atoms with Gasteiger partial charge in [-0.2, -0.15) is 18.3 Å². The lowest BCUT2D eigenvalue weighted by molar-refractivity contribution is -0.174. The number of aromatic nitrogens is 4. The zero-order valence-corrected chi connectivity index (χ0v) is 17.9. The highest BCUT2D eigenvalue weighted by molar-refractivity contribution is 7.07. The Morgan fingerprint density at radius 2 is 2.13 bits per heavy atom. The predicted octanol–water partition coefficient (Wildman–Crippen LogP) is 4.01. The number of fused-ring (bicyclic) bond motifs is 1. The molecule has 0 radical (unpaired) electrons. The lowest BCUT2D eigenvalue weighted by Crippen LogP contribution is -2.41. The Labute approximate surface area is 176 Å². The minimum atomic E-state index is -4.36. The number of nitrogens with one attached hydrogen (secondary N) is 1. The van der Waals surface area contributed by atoms with Crippen LogP contribution in [0.4, 0.5) is 19.0 Å². The zero-order valence-electron chi connectivity index (χ0n) is 17.1. The number of rotatable bonds is 3. The number of alkyl halides is 3. The summed E-state index contributed by atoms with van der Waals surface area (Å²) in [5.41, 5.74) is 1.20. The smallest absolute Gasteiger partial charge is 0.367 e. The summed E-state index contributed by atoms with van der Waals surface area (Å²) in [6, 6.07) is -0.173. The number of aryl methyl sites for hydroxylation is 1. The third-order valence-corrected chi connectivity index (χ3v) is 6.83. The molecule has 0 aliphatic carbocycles. The fourth-order valence-electron chi connectivity index (χ4n) is 4.23. The third kappa shape index (κ3) is 3.91. The van der Waals surface area contributed by atoms with E-state index in [1.165, 1.54) is 0 Å². The van der Waals surface area contributed by atoms with Crippen LogP contribution in [0.5, 0.6) is 0 Å². The molecular formula is C19H25F3N6OS. The molecular weight excluding hydrogens is 417 g/mol. The van der Waals surface area contributed by atoms with Crippen LogP contribution >= 0.6 is 11.5 Å². The molecule has 0 saturated carbocycles. The number of piperidine rings is 1. The molecule has 1 amide bonds. The summed E-state index contributed by atoms with van der Waals surface area (Å²) in [5, 5.41) is 11.5. The normalized spacial score (nSPS) is 24.6. The second-order valence-corrected chi connectivity index (χ2v) is 9.22. The van der Waals surface area contributed by atoms with Crippen LogP contribution in [-0.4, -0.2) is 55.5 Å². The van der Waals surface area contributed by atoms with E-state index in [0.717, 1.165) is 29.1 Å². The summed E-state index contributed by atoms with van der Waals surface area (Å²) >= 11 is 1.07. The first-order valence-corrected chi connectivity index (χ1v) is 10.9. The SMILES string of the molecule is Cc1nnsc1C(=O)N1CCC[C@@H](c2cc3n(n2)[C@H](C(F)(F)F)C[C@H](C(C)C)N3)C1. The Balaban J connectivity index is 1.58. The summed E-state index contributed by atoms with van der Waals surface area (Å²) in [6.07, 6.45) is -2.85. The number of halogens is 3. The van der Waals surface area contributed by atoms with Crippen LogP contribution in [0.25, 0.3) is 0 Å². The van der Waals surface area contributed by atoms with Crippen LogP contribution in [0, 0.1) is 12.8 Å². The van der Waals surface area contributed by atoms with Gasteiger partial charge >= 0.3 is 6.18 Å². The maximum atomic E-state index is 13.7. The van der Waals surface area contributed by atoms with Crippen LogP contribution < -0.4 is 5.32 Å². The lowest BCUT2D eigenvalue weighted by atomic mass is 9.93. The van der Waals surface area contributed by atoms with E-state index in [-0.39, 0.29) is 30.2 Å². The fourth-order valence-corrected chi connectivity index (χ4v) is 4.86. The number of anilines is 1. The zero-order chi connectivity index (χ0) is 21.6. The average molecular weight is 443 g/mol. The summed E-state index contributed by atoms with van der Waals surface area (Å²) in [5.74, 6) is 0.252. The topological polar surface area (TPSA) is 75.9 Å². The molecule has 1 saturated heterocycles. The molecule has 4 rings (SSSR count). The first-order chi connectivity index (χ1) is 14.1. The first-order valence-electron chi connectivity index (χ1n) is 10.2. The molecule has 2 aliphatic heterocycles. The molecule has 2 aromatic rings. The number of carbonyl (C=O) groups is 1. The van der Waals surface area contributed by atoms with Crippen molar-refractivity contribution >= 4 is 23.3 Å². The summed E-state index contributed by atoms with van der Waals surface area (Å²) in [7, 11) is 0. The standard InChI is InChI=1S/C19H25F3N6OS/c1-10(2)13-7-15(19(20,21)22)28-16(23-13)8-14(25-28)12-5-4-6-27(9-12)18(29)17-11(3)24-26-30-17/h8,10,12-13,15,23H,4-7,9H2,1-3H3/t12-,13-,15+/m1/s1. The molecule has 2 aliphatic rings. The van der Waals surface area contributed by atoms with Gasteiger partial charge in [-0.15, -0.1) is 5.10 Å². The predicted molar refractivity (Wildman–Crippen MR) is 107 cm³/mol. The van der Waals surface area contributed by atoms with Crippen LogP contribution in [0.2, 0.25) is 0 Å². The van der Waals surface area contributed by atoms with E-state index in [2.05, 4.69) is 20.0 Å². The molecule has 7 nitrogen and oxygen atoms in total. The van der Waals surface area contributed by atoms with Crippen molar-refractivity contribution in [1.29, 1.82) is 0 Å². The maximum absolute atomic E-state index is 13.7. The van der Waals surface area contributed by atoms with E-state index in [1.807, 2.05) is 13.8 Å². The van der Waals surface area contributed by atoms with E-state index < -0.39 is 12.2 Å². The van der Waals surface area contributed by atoms with E-state index in [0.29, 0.717) is 35.2 Å². The second kappa shape index (κ2) is 7.82.